The summed E-state index contributed by atoms with van der Waals surface area (Å²) in [6, 6.07) is 0. The Balaban J connectivity index is 4.35. The van der Waals surface area contributed by atoms with Crippen molar-refractivity contribution in [2.24, 2.45) is 0 Å². The van der Waals surface area contributed by atoms with E-state index in [2.05, 4.69) is 32.9 Å². The molecule has 0 aromatic rings. The minimum Gasteiger partial charge on any atom is -0.478 e. The number of carboxylic acid groups (broad SMARTS) is 1. The number of hydrogen-bond donors (Lipinski definition) is 2. The highest BCUT2D eigenvalue weighted by Crippen LogP contribution is 2.14. The van der Waals surface area contributed by atoms with Crippen LogP contribution < -0.4 is 0 Å². The minimum absolute atomic E-state index is 0.0398. The van der Waals surface area contributed by atoms with E-state index in [0.717, 1.165) is 31.3 Å². The Bertz CT molecular complexity index is 475. The molecule has 130 valence electrons. The Morgan fingerprint density at radius 3 is 1.83 bits per heavy atom. The van der Waals surface area contributed by atoms with Crippen LogP contribution in [-0.2, 0) is 4.79 Å². The first-order valence-corrected chi connectivity index (χ1v) is 8.34. The monoisotopic (exact) mass is 320 g/mol. The van der Waals surface area contributed by atoms with Gasteiger partial charge in [-0.2, -0.15) is 0 Å². The molecule has 0 saturated carbocycles. The highest BCUT2D eigenvalue weighted by molar-refractivity contribution is 5.86. The summed E-state index contributed by atoms with van der Waals surface area (Å²) in [7, 11) is 0. The van der Waals surface area contributed by atoms with Gasteiger partial charge in [-0.05, 0) is 66.2 Å². The normalized spacial score (nSPS) is 13.2. The van der Waals surface area contributed by atoms with Gasteiger partial charge in [-0.3, -0.25) is 0 Å². The van der Waals surface area contributed by atoms with Gasteiger partial charge in [0.05, 0.1) is 6.61 Å². The second-order valence-corrected chi connectivity index (χ2v) is 6.22. The largest absolute Gasteiger partial charge is 0.478 e. The maximum absolute atomic E-state index is 11.3. The van der Waals surface area contributed by atoms with E-state index in [-0.39, 0.29) is 6.61 Å². The number of hydrogen-bond acceptors (Lipinski definition) is 2. The maximum atomic E-state index is 11.3. The highest BCUT2D eigenvalue weighted by Gasteiger charge is 2.05. The van der Waals surface area contributed by atoms with Gasteiger partial charge in [0.1, 0.15) is 0 Å². The van der Waals surface area contributed by atoms with Crippen molar-refractivity contribution in [3.05, 3.63) is 46.6 Å². The molecule has 0 rings (SSSR count). The summed E-state index contributed by atoms with van der Waals surface area (Å²) < 4.78 is 0. The molecule has 0 unspecified atom stereocenters. The molecule has 0 saturated heterocycles. The molecule has 0 aliphatic heterocycles. The molecule has 0 aromatic carbocycles. The van der Waals surface area contributed by atoms with Crippen molar-refractivity contribution < 1.29 is 15.0 Å². The number of carboxylic acids is 1. The van der Waals surface area contributed by atoms with Crippen LogP contribution in [0.3, 0.4) is 0 Å². The van der Waals surface area contributed by atoms with Crippen LogP contribution in [0.2, 0.25) is 0 Å². The van der Waals surface area contributed by atoms with Crippen LogP contribution in [0.5, 0.6) is 0 Å². The van der Waals surface area contributed by atoms with Crippen LogP contribution in [0.25, 0.3) is 0 Å². The van der Waals surface area contributed by atoms with Gasteiger partial charge < -0.3 is 10.2 Å². The molecule has 0 atom stereocenters. The Labute approximate surface area is 141 Å². The summed E-state index contributed by atoms with van der Waals surface area (Å²) in [5.41, 5.74) is 4.21. The molecule has 0 aromatic heterocycles. The molecule has 0 bridgehead atoms. The Hall–Kier alpha value is -1.61. The first-order chi connectivity index (χ1) is 10.9. The van der Waals surface area contributed by atoms with Gasteiger partial charge in [0.2, 0.25) is 0 Å². The van der Waals surface area contributed by atoms with E-state index < -0.39 is 5.97 Å². The van der Waals surface area contributed by atoms with Crippen molar-refractivity contribution in [2.45, 2.75) is 66.2 Å². The highest BCUT2D eigenvalue weighted by atomic mass is 16.4. The molecule has 0 spiro atoms. The maximum Gasteiger partial charge on any atom is 0.331 e. The first kappa shape index (κ1) is 21.4. The molecule has 0 aliphatic rings. The number of aliphatic hydroxyl groups is 1. The molecule has 3 heteroatoms. The lowest BCUT2D eigenvalue weighted by molar-refractivity contribution is -0.132. The van der Waals surface area contributed by atoms with Crippen LogP contribution in [0.1, 0.15) is 66.2 Å². The molecule has 0 amide bonds. The number of carbonyl (C=O) groups is 1. The molecule has 0 heterocycles. The van der Waals surface area contributed by atoms with E-state index in [9.17, 15) is 9.90 Å². The van der Waals surface area contributed by atoms with E-state index in [1.165, 1.54) is 11.1 Å². The second kappa shape index (κ2) is 12.9. The number of allylic oxidation sites excluding steroid dienone is 6. The predicted octanol–water partition coefficient (Wildman–Crippen LogP) is 5.19. The third-order valence-corrected chi connectivity index (χ3v) is 3.64. The van der Waals surface area contributed by atoms with Gasteiger partial charge in [-0.1, -0.05) is 41.0 Å². The molecule has 0 radical (unpaired) electrons. The summed E-state index contributed by atoms with van der Waals surface area (Å²) in [4.78, 5) is 11.3. The van der Waals surface area contributed by atoms with Gasteiger partial charge in [0.15, 0.2) is 0 Å². The fraction of sp³-hybridized carbons (Fsp3) is 0.550. The number of rotatable bonds is 11. The Morgan fingerprint density at radius 1 is 0.783 bits per heavy atom. The van der Waals surface area contributed by atoms with Crippen LogP contribution in [0.15, 0.2) is 46.6 Å². The summed E-state index contributed by atoms with van der Waals surface area (Å²) in [6.45, 7) is 8.29. The third kappa shape index (κ3) is 12.6. The van der Waals surface area contributed by atoms with Gasteiger partial charge in [-0.25, -0.2) is 4.79 Å². The average Bonchev–Trinajstić information content (AvgIpc) is 2.45. The van der Waals surface area contributed by atoms with Crippen molar-refractivity contribution in [3.63, 3.8) is 0 Å². The lowest BCUT2D eigenvalue weighted by Gasteiger charge is -2.03. The van der Waals surface area contributed by atoms with E-state index in [4.69, 9.17) is 5.11 Å². The van der Waals surface area contributed by atoms with Gasteiger partial charge in [0, 0.05) is 5.57 Å². The molecular formula is C20H32O3. The first-order valence-electron chi connectivity index (χ1n) is 8.34. The van der Waals surface area contributed by atoms with Crippen LogP contribution in [-0.4, -0.2) is 22.8 Å². The summed E-state index contributed by atoms with van der Waals surface area (Å²) >= 11 is 0. The van der Waals surface area contributed by atoms with Crippen LogP contribution >= 0.6 is 0 Å². The predicted molar refractivity (Wildman–Crippen MR) is 97.5 cm³/mol. The standard InChI is InChI=1S/C20H32O3/c1-16(2)8-5-9-17(3)10-6-12-19(20(22)23)13-7-11-18(4)14-15-21/h8,10,13-14,21H,5-7,9,11-12,15H2,1-4H3,(H,22,23)/b17-10+,18-14+,19-13-. The smallest absolute Gasteiger partial charge is 0.331 e. The fourth-order valence-corrected chi connectivity index (χ4v) is 2.19. The summed E-state index contributed by atoms with van der Waals surface area (Å²) in [5.74, 6) is -0.829. The Morgan fingerprint density at radius 2 is 1.30 bits per heavy atom. The molecule has 0 fully saturated rings. The topological polar surface area (TPSA) is 57.5 Å². The van der Waals surface area contributed by atoms with Crippen LogP contribution in [0.4, 0.5) is 0 Å². The summed E-state index contributed by atoms with van der Waals surface area (Å²) in [6.07, 6.45) is 12.8. The second-order valence-electron chi connectivity index (χ2n) is 6.22. The van der Waals surface area contributed by atoms with Gasteiger partial charge >= 0.3 is 5.97 Å². The van der Waals surface area contributed by atoms with Gasteiger partial charge in [-0.15, -0.1) is 0 Å². The van der Waals surface area contributed by atoms with E-state index in [1.807, 2.05) is 13.0 Å². The van der Waals surface area contributed by atoms with Crippen molar-refractivity contribution in [3.8, 4) is 0 Å². The van der Waals surface area contributed by atoms with Crippen molar-refractivity contribution >= 4 is 5.97 Å². The molecule has 3 nitrogen and oxygen atoms in total. The molecule has 23 heavy (non-hydrogen) atoms. The lowest BCUT2D eigenvalue weighted by Crippen LogP contribution is -2.00. The SMILES string of the molecule is CC(C)=CCC/C(C)=C/CC/C(=C/CC/C(C)=C/CO)C(=O)O. The zero-order chi connectivity index (χ0) is 17.7. The quantitative estimate of drug-likeness (QED) is 0.407. The van der Waals surface area contributed by atoms with E-state index >= 15 is 0 Å². The minimum atomic E-state index is -0.829. The average molecular weight is 320 g/mol. The zero-order valence-corrected chi connectivity index (χ0v) is 15.1. The number of aliphatic hydroxyl groups excluding tert-OH is 1. The van der Waals surface area contributed by atoms with Crippen LogP contribution in [0, 0.1) is 0 Å². The zero-order valence-electron chi connectivity index (χ0n) is 15.1. The van der Waals surface area contributed by atoms with E-state index in [1.54, 1.807) is 6.08 Å². The van der Waals surface area contributed by atoms with E-state index in [0.29, 0.717) is 18.4 Å². The van der Waals surface area contributed by atoms with Crippen molar-refractivity contribution in [1.29, 1.82) is 0 Å². The van der Waals surface area contributed by atoms with Gasteiger partial charge in [0.25, 0.3) is 0 Å². The Kier molecular flexibility index (Phi) is 12.0. The lowest BCUT2D eigenvalue weighted by atomic mass is 10.0. The van der Waals surface area contributed by atoms with Crippen molar-refractivity contribution in [2.75, 3.05) is 6.61 Å². The number of aliphatic carboxylic acids is 1. The fourth-order valence-electron chi connectivity index (χ4n) is 2.19. The molecule has 2 N–H and O–H groups in total. The third-order valence-electron chi connectivity index (χ3n) is 3.64. The van der Waals surface area contributed by atoms with Crippen molar-refractivity contribution in [1.82, 2.24) is 0 Å². The summed E-state index contributed by atoms with van der Waals surface area (Å²) in [5, 5.41) is 18.1. The molecule has 0 aliphatic carbocycles. The molecular weight excluding hydrogens is 288 g/mol.